The predicted molar refractivity (Wildman–Crippen MR) is 90.0 cm³/mol. The van der Waals surface area contributed by atoms with Crippen molar-refractivity contribution in [1.82, 2.24) is 15.6 Å². The molecule has 0 radical (unpaired) electrons. The molecule has 2 atom stereocenters. The van der Waals surface area contributed by atoms with Gasteiger partial charge < -0.3 is 15.4 Å². The van der Waals surface area contributed by atoms with Gasteiger partial charge in [0.25, 0.3) is 5.91 Å². The fraction of sp³-hybridized carbons (Fsp3) is 0.692. The van der Waals surface area contributed by atoms with Gasteiger partial charge in [-0.25, -0.2) is 4.98 Å². The minimum Gasteiger partial charge on any atom is -0.372 e. The zero-order valence-corrected chi connectivity index (χ0v) is 14.7. The average molecular weight is 356 g/mol. The van der Waals surface area contributed by atoms with Crippen molar-refractivity contribution < 1.29 is 9.53 Å². The Morgan fingerprint density at radius 3 is 3.00 bits per heavy atom. The monoisotopic (exact) mass is 355 g/mol. The number of rotatable bonds is 5. The van der Waals surface area contributed by atoms with Gasteiger partial charge >= 0.3 is 0 Å². The molecule has 1 aliphatic rings. The highest BCUT2D eigenvalue weighted by Gasteiger charge is 2.19. The number of aromatic nitrogens is 1. The van der Waals surface area contributed by atoms with Crippen LogP contribution in [0.3, 0.4) is 0 Å². The minimum atomic E-state index is -0.0482. The van der Waals surface area contributed by atoms with Crippen molar-refractivity contribution in [3.63, 3.8) is 0 Å². The van der Waals surface area contributed by atoms with Gasteiger partial charge in [0.05, 0.1) is 6.20 Å². The maximum Gasteiger partial charge on any atom is 0.263 e. The Morgan fingerprint density at radius 1 is 1.62 bits per heavy atom. The lowest BCUT2D eigenvalue weighted by Gasteiger charge is -2.23. The molecule has 8 heteroatoms. The summed E-state index contributed by atoms with van der Waals surface area (Å²) in [5.41, 5.74) is 0. The minimum absolute atomic E-state index is 0. The number of carbonyl (C=O) groups is 1. The summed E-state index contributed by atoms with van der Waals surface area (Å²) in [4.78, 5) is 17.0. The van der Waals surface area contributed by atoms with Crippen LogP contribution in [0.25, 0.3) is 0 Å². The number of piperidine rings is 1. The van der Waals surface area contributed by atoms with Crippen LogP contribution in [0.2, 0.25) is 0 Å². The summed E-state index contributed by atoms with van der Waals surface area (Å²) >= 11 is 1.41. The number of thiazole rings is 1. The first-order valence-corrected chi connectivity index (χ1v) is 7.61. The fourth-order valence-electron chi connectivity index (χ4n) is 2.13. The Balaban J connectivity index is 0.00000200. The lowest BCUT2D eigenvalue weighted by Crippen LogP contribution is -2.45. The molecule has 1 aliphatic heterocycles. The number of amides is 1. The van der Waals surface area contributed by atoms with Gasteiger partial charge in [0.1, 0.15) is 16.0 Å². The summed E-state index contributed by atoms with van der Waals surface area (Å²) in [5, 5.41) is 7.19. The van der Waals surface area contributed by atoms with E-state index in [9.17, 15) is 4.79 Å². The Hall–Kier alpha value is -0.400. The highest BCUT2D eigenvalue weighted by molar-refractivity contribution is 7.13. The van der Waals surface area contributed by atoms with E-state index in [0.717, 1.165) is 30.9 Å². The fourth-order valence-corrected chi connectivity index (χ4v) is 2.96. The van der Waals surface area contributed by atoms with Crippen LogP contribution >= 0.6 is 36.2 Å². The van der Waals surface area contributed by atoms with Crippen molar-refractivity contribution in [2.75, 3.05) is 19.7 Å². The van der Waals surface area contributed by atoms with Gasteiger partial charge in [-0.2, -0.15) is 0 Å². The molecular weight excluding hydrogens is 333 g/mol. The summed E-state index contributed by atoms with van der Waals surface area (Å²) in [5.74, 6) is -0.0267. The first-order chi connectivity index (χ1) is 9.20. The van der Waals surface area contributed by atoms with E-state index in [-0.39, 0.29) is 42.9 Å². The van der Waals surface area contributed by atoms with Gasteiger partial charge in [0.15, 0.2) is 0 Å². The average Bonchev–Trinajstić information content (AvgIpc) is 2.90. The lowest BCUT2D eigenvalue weighted by atomic mass is 10.1. The maximum absolute atomic E-state index is 12.1. The molecule has 1 fully saturated rings. The smallest absolute Gasteiger partial charge is 0.263 e. The molecular formula is C13H23Cl2N3O2S. The zero-order chi connectivity index (χ0) is 13.7. The van der Waals surface area contributed by atoms with Crippen LogP contribution in [-0.4, -0.2) is 36.6 Å². The van der Waals surface area contributed by atoms with Crippen LogP contribution in [0.15, 0.2) is 6.20 Å². The molecule has 1 aromatic rings. The van der Waals surface area contributed by atoms with Crippen LogP contribution in [0.4, 0.5) is 0 Å². The maximum atomic E-state index is 12.1. The lowest BCUT2D eigenvalue weighted by molar-refractivity contribution is 0.0762. The first-order valence-electron chi connectivity index (χ1n) is 6.79. The summed E-state index contributed by atoms with van der Waals surface area (Å²) in [7, 11) is 0. The van der Waals surface area contributed by atoms with Gasteiger partial charge in [-0.05, 0) is 33.2 Å². The number of hydrogen-bond donors (Lipinski definition) is 2. The normalized spacial score (nSPS) is 19.0. The summed E-state index contributed by atoms with van der Waals surface area (Å²) in [6, 6.07) is 0.233. The van der Waals surface area contributed by atoms with Gasteiger partial charge in [-0.15, -0.1) is 36.2 Å². The van der Waals surface area contributed by atoms with E-state index >= 15 is 0 Å². The van der Waals surface area contributed by atoms with Crippen LogP contribution in [0, 0.1) is 0 Å². The van der Waals surface area contributed by atoms with E-state index in [4.69, 9.17) is 4.74 Å². The largest absolute Gasteiger partial charge is 0.372 e. The summed E-state index contributed by atoms with van der Waals surface area (Å²) in [6.45, 7) is 6.45. The molecule has 1 saturated heterocycles. The molecule has 1 unspecified atom stereocenters. The number of carbonyl (C=O) groups excluding carboxylic acids is 1. The second-order valence-corrected chi connectivity index (χ2v) is 5.74. The van der Waals surface area contributed by atoms with Crippen molar-refractivity contribution in [2.24, 2.45) is 0 Å². The van der Waals surface area contributed by atoms with E-state index in [0.29, 0.717) is 11.5 Å². The van der Waals surface area contributed by atoms with Gasteiger partial charge in [-0.1, -0.05) is 0 Å². The Labute approximate surface area is 142 Å². The Bertz CT molecular complexity index is 425. The zero-order valence-electron chi connectivity index (χ0n) is 12.3. The van der Waals surface area contributed by atoms with E-state index in [1.54, 1.807) is 6.20 Å². The molecule has 122 valence electrons. The van der Waals surface area contributed by atoms with Gasteiger partial charge in [-0.3, -0.25) is 4.79 Å². The van der Waals surface area contributed by atoms with Crippen LogP contribution < -0.4 is 10.6 Å². The Kier molecular flexibility index (Phi) is 10.1. The van der Waals surface area contributed by atoms with E-state index in [1.165, 1.54) is 11.3 Å². The molecule has 0 saturated carbocycles. The van der Waals surface area contributed by atoms with Gasteiger partial charge in [0.2, 0.25) is 0 Å². The SMILES string of the molecule is CCOC(C)c1ncc(C(=O)N[C@H]2CCCNC2)s1.Cl.Cl. The molecule has 0 aromatic carbocycles. The first kappa shape index (κ1) is 20.6. The van der Waals surface area contributed by atoms with Crippen LogP contribution in [-0.2, 0) is 4.74 Å². The third-order valence-electron chi connectivity index (χ3n) is 3.14. The van der Waals surface area contributed by atoms with Crippen LogP contribution in [0.1, 0.15) is 47.5 Å². The number of halogens is 2. The van der Waals surface area contributed by atoms with E-state index in [2.05, 4.69) is 15.6 Å². The second kappa shape index (κ2) is 10.3. The molecule has 1 aromatic heterocycles. The quantitative estimate of drug-likeness (QED) is 0.851. The second-order valence-electron chi connectivity index (χ2n) is 4.68. The predicted octanol–water partition coefficient (Wildman–Crippen LogP) is 2.57. The molecule has 2 N–H and O–H groups in total. The molecule has 2 rings (SSSR count). The molecule has 1 amide bonds. The molecule has 0 bridgehead atoms. The highest BCUT2D eigenvalue weighted by atomic mass is 35.5. The molecule has 5 nitrogen and oxygen atoms in total. The van der Waals surface area contributed by atoms with Crippen molar-refractivity contribution in [3.8, 4) is 0 Å². The third-order valence-corrected chi connectivity index (χ3v) is 4.30. The number of nitrogens with zero attached hydrogens (tertiary/aromatic N) is 1. The van der Waals surface area contributed by atoms with E-state index < -0.39 is 0 Å². The Morgan fingerprint density at radius 2 is 2.38 bits per heavy atom. The van der Waals surface area contributed by atoms with Crippen molar-refractivity contribution in [1.29, 1.82) is 0 Å². The third kappa shape index (κ3) is 6.08. The number of nitrogens with one attached hydrogen (secondary N) is 2. The molecule has 0 spiro atoms. The van der Waals surface area contributed by atoms with Crippen molar-refractivity contribution in [3.05, 3.63) is 16.1 Å². The van der Waals surface area contributed by atoms with E-state index in [1.807, 2.05) is 13.8 Å². The standard InChI is InChI=1S/C13H21N3O2S.2ClH/c1-3-18-9(2)13-15-8-11(19-13)12(17)16-10-5-4-6-14-7-10;;/h8-10,14H,3-7H2,1-2H3,(H,16,17);2*1H/t9?,10-;;/m0../s1. The summed E-state index contributed by atoms with van der Waals surface area (Å²) < 4.78 is 5.48. The summed E-state index contributed by atoms with van der Waals surface area (Å²) in [6.07, 6.45) is 3.74. The van der Waals surface area contributed by atoms with Crippen LogP contribution in [0.5, 0.6) is 0 Å². The highest BCUT2D eigenvalue weighted by Crippen LogP contribution is 2.22. The van der Waals surface area contributed by atoms with Crippen molar-refractivity contribution >= 4 is 42.1 Å². The van der Waals surface area contributed by atoms with Crippen molar-refractivity contribution in [2.45, 2.75) is 38.8 Å². The molecule has 21 heavy (non-hydrogen) atoms. The van der Waals surface area contributed by atoms with Gasteiger partial charge in [0, 0.05) is 19.2 Å². The molecule has 0 aliphatic carbocycles. The number of ether oxygens (including phenoxy) is 1. The number of hydrogen-bond acceptors (Lipinski definition) is 5. The topological polar surface area (TPSA) is 63.2 Å². The molecule has 2 heterocycles.